The summed E-state index contributed by atoms with van der Waals surface area (Å²) in [6.45, 7) is 4.10. The van der Waals surface area contributed by atoms with Crippen LogP contribution >= 0.6 is 0 Å². The number of hydrogen-bond acceptors (Lipinski definition) is 1. The predicted molar refractivity (Wildman–Crippen MR) is 65.1 cm³/mol. The van der Waals surface area contributed by atoms with E-state index in [1.165, 1.54) is 24.8 Å². The average molecular weight is 221 g/mol. The molecule has 1 aliphatic rings. The quantitative estimate of drug-likeness (QED) is 0.728. The summed E-state index contributed by atoms with van der Waals surface area (Å²) >= 11 is 0. The molecule has 1 nitrogen and oxygen atoms in total. The van der Waals surface area contributed by atoms with Gasteiger partial charge in [-0.25, -0.2) is 4.39 Å². The molecule has 0 spiro atoms. The predicted octanol–water partition coefficient (Wildman–Crippen LogP) is 3.07. The van der Waals surface area contributed by atoms with Crippen molar-refractivity contribution >= 4 is 0 Å². The Balaban J connectivity index is 1.67. The highest BCUT2D eigenvalue weighted by molar-refractivity contribution is 5.26. The molecule has 0 aliphatic heterocycles. The molecule has 1 N–H and O–H groups in total. The van der Waals surface area contributed by atoms with Crippen LogP contribution in [0.3, 0.4) is 0 Å². The van der Waals surface area contributed by atoms with E-state index in [2.05, 4.69) is 5.32 Å². The average Bonchev–Trinajstić information content (AvgIpc) is 3.04. The maximum atomic E-state index is 12.9. The molecule has 88 valence electrons. The van der Waals surface area contributed by atoms with Crippen LogP contribution in [0.4, 0.5) is 4.39 Å². The van der Waals surface area contributed by atoms with Crippen LogP contribution < -0.4 is 5.32 Å². The lowest BCUT2D eigenvalue weighted by atomic mass is 10.1. The number of aryl methyl sites for hydroxylation is 1. The van der Waals surface area contributed by atoms with Gasteiger partial charge >= 0.3 is 0 Å². The van der Waals surface area contributed by atoms with Gasteiger partial charge in [0.2, 0.25) is 0 Å². The third-order valence-corrected chi connectivity index (χ3v) is 3.30. The molecule has 1 fully saturated rings. The summed E-state index contributed by atoms with van der Waals surface area (Å²) in [4.78, 5) is 0. The Kier molecular flexibility index (Phi) is 3.94. The van der Waals surface area contributed by atoms with Gasteiger partial charge in [0.25, 0.3) is 0 Å². The summed E-state index contributed by atoms with van der Waals surface area (Å²) < 4.78 is 12.9. The number of halogens is 1. The molecule has 1 saturated carbocycles. The SMILES string of the molecule is Cc1cc(F)ccc1CCNCCC1CC1. The Morgan fingerprint density at radius 1 is 1.31 bits per heavy atom. The van der Waals surface area contributed by atoms with Crippen molar-refractivity contribution in [2.24, 2.45) is 5.92 Å². The minimum absolute atomic E-state index is 0.136. The van der Waals surface area contributed by atoms with E-state index < -0.39 is 0 Å². The molecule has 0 saturated heterocycles. The van der Waals surface area contributed by atoms with Crippen LogP contribution in [-0.4, -0.2) is 13.1 Å². The second-order valence-electron chi connectivity index (χ2n) is 4.80. The highest BCUT2D eigenvalue weighted by Crippen LogP contribution is 2.31. The second-order valence-corrected chi connectivity index (χ2v) is 4.80. The van der Waals surface area contributed by atoms with Crippen LogP contribution in [0, 0.1) is 18.7 Å². The largest absolute Gasteiger partial charge is 0.316 e. The topological polar surface area (TPSA) is 12.0 Å². The first-order valence-electron chi connectivity index (χ1n) is 6.21. The summed E-state index contributed by atoms with van der Waals surface area (Å²) in [5, 5.41) is 3.45. The van der Waals surface area contributed by atoms with E-state index in [1.54, 1.807) is 12.1 Å². The Morgan fingerprint density at radius 3 is 2.81 bits per heavy atom. The van der Waals surface area contributed by atoms with Crippen molar-refractivity contribution in [2.75, 3.05) is 13.1 Å². The van der Waals surface area contributed by atoms with Crippen LogP contribution in [0.5, 0.6) is 0 Å². The van der Waals surface area contributed by atoms with Crippen LogP contribution in [-0.2, 0) is 6.42 Å². The van der Waals surface area contributed by atoms with E-state index in [-0.39, 0.29) is 5.82 Å². The maximum Gasteiger partial charge on any atom is 0.123 e. The minimum atomic E-state index is -0.136. The van der Waals surface area contributed by atoms with Crippen molar-refractivity contribution in [3.05, 3.63) is 35.1 Å². The summed E-state index contributed by atoms with van der Waals surface area (Å²) in [5.74, 6) is 0.864. The van der Waals surface area contributed by atoms with E-state index in [0.717, 1.165) is 31.0 Å². The number of rotatable bonds is 6. The normalized spacial score (nSPS) is 15.4. The van der Waals surface area contributed by atoms with Crippen molar-refractivity contribution in [3.8, 4) is 0 Å². The van der Waals surface area contributed by atoms with Gasteiger partial charge in [-0.2, -0.15) is 0 Å². The van der Waals surface area contributed by atoms with Crippen LogP contribution in [0.25, 0.3) is 0 Å². The van der Waals surface area contributed by atoms with Gasteiger partial charge < -0.3 is 5.32 Å². The molecule has 0 amide bonds. The number of hydrogen-bond donors (Lipinski definition) is 1. The summed E-state index contributed by atoms with van der Waals surface area (Å²) in [6, 6.07) is 5.05. The molecule has 0 bridgehead atoms. The van der Waals surface area contributed by atoms with Gasteiger partial charge in [-0.15, -0.1) is 0 Å². The second kappa shape index (κ2) is 5.44. The molecular formula is C14H20FN. The van der Waals surface area contributed by atoms with E-state index in [0.29, 0.717) is 0 Å². The lowest BCUT2D eigenvalue weighted by Crippen LogP contribution is -2.19. The fraction of sp³-hybridized carbons (Fsp3) is 0.571. The lowest BCUT2D eigenvalue weighted by molar-refractivity contribution is 0.609. The van der Waals surface area contributed by atoms with Gasteiger partial charge in [-0.05, 0) is 62.0 Å². The summed E-state index contributed by atoms with van der Waals surface area (Å²) in [6.07, 6.45) is 5.18. The molecule has 0 unspecified atom stereocenters. The van der Waals surface area contributed by atoms with Crippen molar-refractivity contribution in [1.82, 2.24) is 5.32 Å². The first-order valence-corrected chi connectivity index (χ1v) is 6.21. The van der Waals surface area contributed by atoms with E-state index in [1.807, 2.05) is 13.0 Å². The van der Waals surface area contributed by atoms with Gasteiger partial charge in [0, 0.05) is 0 Å². The molecule has 0 aromatic heterocycles. The van der Waals surface area contributed by atoms with Gasteiger partial charge in [0.05, 0.1) is 0 Å². The van der Waals surface area contributed by atoms with Crippen LogP contribution in [0.15, 0.2) is 18.2 Å². The molecule has 0 radical (unpaired) electrons. The minimum Gasteiger partial charge on any atom is -0.316 e. The molecule has 2 heteroatoms. The van der Waals surface area contributed by atoms with Crippen molar-refractivity contribution in [3.63, 3.8) is 0 Å². The van der Waals surface area contributed by atoms with E-state index >= 15 is 0 Å². The van der Waals surface area contributed by atoms with Gasteiger partial charge in [0.1, 0.15) is 5.82 Å². The summed E-state index contributed by atoms with van der Waals surface area (Å²) in [7, 11) is 0. The molecule has 1 aromatic carbocycles. The molecule has 0 atom stereocenters. The zero-order valence-electron chi connectivity index (χ0n) is 9.93. The fourth-order valence-corrected chi connectivity index (χ4v) is 2.00. The van der Waals surface area contributed by atoms with Crippen LogP contribution in [0.2, 0.25) is 0 Å². The first kappa shape index (κ1) is 11.6. The van der Waals surface area contributed by atoms with Crippen molar-refractivity contribution < 1.29 is 4.39 Å². The van der Waals surface area contributed by atoms with Gasteiger partial charge in [-0.3, -0.25) is 0 Å². The van der Waals surface area contributed by atoms with Crippen LogP contribution in [0.1, 0.15) is 30.4 Å². The van der Waals surface area contributed by atoms with Crippen molar-refractivity contribution in [1.29, 1.82) is 0 Å². The highest BCUT2D eigenvalue weighted by Gasteiger charge is 2.19. The number of benzene rings is 1. The monoisotopic (exact) mass is 221 g/mol. The van der Waals surface area contributed by atoms with Gasteiger partial charge in [0.15, 0.2) is 0 Å². The van der Waals surface area contributed by atoms with Gasteiger partial charge in [-0.1, -0.05) is 18.9 Å². The van der Waals surface area contributed by atoms with Crippen molar-refractivity contribution in [2.45, 2.75) is 32.6 Å². The van der Waals surface area contributed by atoms with E-state index in [4.69, 9.17) is 0 Å². The lowest BCUT2D eigenvalue weighted by Gasteiger charge is -2.07. The summed E-state index contributed by atoms with van der Waals surface area (Å²) in [5.41, 5.74) is 2.31. The molecular weight excluding hydrogens is 201 g/mol. The molecule has 1 aliphatic carbocycles. The molecule has 0 heterocycles. The Labute approximate surface area is 97.1 Å². The molecule has 2 rings (SSSR count). The standard InChI is InChI=1S/C14H20FN/c1-11-10-14(15)5-4-13(11)7-9-16-8-6-12-2-3-12/h4-5,10,12,16H,2-3,6-9H2,1H3. The fourth-order valence-electron chi connectivity index (χ4n) is 2.00. The Morgan fingerprint density at radius 2 is 2.12 bits per heavy atom. The third kappa shape index (κ3) is 3.60. The maximum absolute atomic E-state index is 12.9. The van der Waals surface area contributed by atoms with E-state index in [9.17, 15) is 4.39 Å². The highest BCUT2D eigenvalue weighted by atomic mass is 19.1. The molecule has 1 aromatic rings. The Hall–Kier alpha value is -0.890. The Bertz CT molecular complexity index is 345. The zero-order chi connectivity index (χ0) is 11.4. The third-order valence-electron chi connectivity index (χ3n) is 3.30. The first-order chi connectivity index (χ1) is 7.75. The smallest absolute Gasteiger partial charge is 0.123 e. The molecule has 16 heavy (non-hydrogen) atoms. The zero-order valence-corrected chi connectivity index (χ0v) is 9.93. The number of nitrogens with one attached hydrogen (secondary N) is 1.